The van der Waals surface area contributed by atoms with Crippen LogP contribution in [0, 0.1) is 5.21 Å². The predicted octanol–water partition coefficient (Wildman–Crippen LogP) is 1.71. The minimum Gasteiger partial charge on any atom is -0.618 e. The molecule has 0 aliphatic rings. The zero-order valence-electron chi connectivity index (χ0n) is 13.0. The Morgan fingerprint density at radius 1 is 1.12 bits per heavy atom. The van der Waals surface area contributed by atoms with E-state index in [1.165, 1.54) is 36.5 Å². The maximum atomic E-state index is 12.0. The van der Waals surface area contributed by atoms with Crippen LogP contribution in [0.15, 0.2) is 48.7 Å². The fourth-order valence-corrected chi connectivity index (χ4v) is 1.86. The molecule has 2 rings (SSSR count). The van der Waals surface area contributed by atoms with Crippen LogP contribution in [-0.2, 0) is 9.53 Å². The predicted molar refractivity (Wildman–Crippen MR) is 85.4 cm³/mol. The van der Waals surface area contributed by atoms with Gasteiger partial charge in [0.25, 0.3) is 0 Å². The van der Waals surface area contributed by atoms with Gasteiger partial charge >= 0.3 is 11.7 Å². The number of ether oxygens (including phenoxy) is 1. The van der Waals surface area contributed by atoms with Crippen molar-refractivity contribution < 1.29 is 23.9 Å². The van der Waals surface area contributed by atoms with Gasteiger partial charge in [0, 0.05) is 29.8 Å². The lowest BCUT2D eigenvalue weighted by atomic mass is 10.1. The average Bonchev–Trinajstić information content (AvgIpc) is 2.60. The average molecular weight is 328 g/mol. The van der Waals surface area contributed by atoms with Crippen LogP contribution in [0.4, 0.5) is 5.69 Å². The molecule has 0 aliphatic carbocycles. The zero-order valence-corrected chi connectivity index (χ0v) is 13.0. The summed E-state index contributed by atoms with van der Waals surface area (Å²) in [6, 6.07) is 10.5. The fraction of sp³-hybridized carbons (Fsp3) is 0.176. The maximum Gasteiger partial charge on any atom is 0.405 e. The Balaban J connectivity index is 1.94. The summed E-state index contributed by atoms with van der Waals surface area (Å²) in [5.41, 5.74) is 0.718. The molecular weight excluding hydrogens is 312 g/mol. The zero-order chi connectivity index (χ0) is 17.5. The van der Waals surface area contributed by atoms with Gasteiger partial charge in [-0.2, -0.15) is 4.73 Å². The molecule has 0 bridgehead atoms. The first-order valence-corrected chi connectivity index (χ1v) is 7.29. The molecule has 2 aromatic rings. The number of carbonyl (C=O) groups excluding carboxylic acids is 3. The van der Waals surface area contributed by atoms with Crippen LogP contribution in [-0.4, -0.2) is 24.3 Å². The van der Waals surface area contributed by atoms with Gasteiger partial charge in [0.05, 0.1) is 0 Å². The van der Waals surface area contributed by atoms with E-state index in [4.69, 9.17) is 4.74 Å². The smallest absolute Gasteiger partial charge is 0.405 e. The number of esters is 1. The van der Waals surface area contributed by atoms with E-state index in [9.17, 15) is 19.6 Å². The number of carbonyl (C=O) groups is 3. The van der Waals surface area contributed by atoms with Gasteiger partial charge in [0.15, 0.2) is 18.6 Å². The quantitative estimate of drug-likeness (QED) is 0.377. The second kappa shape index (κ2) is 7.87. The minimum atomic E-state index is -0.870. The van der Waals surface area contributed by atoms with E-state index in [0.29, 0.717) is 22.4 Å². The molecule has 1 N–H and O–H groups in total. The third kappa shape index (κ3) is 4.39. The first-order chi connectivity index (χ1) is 11.5. The molecular formula is C17H16N2O5. The Labute approximate surface area is 138 Å². The molecule has 7 heteroatoms. The number of hydrogen-bond donors (Lipinski definition) is 1. The van der Waals surface area contributed by atoms with E-state index in [2.05, 4.69) is 5.32 Å². The molecule has 124 valence electrons. The van der Waals surface area contributed by atoms with Gasteiger partial charge in [-0.05, 0) is 30.3 Å². The number of hydrogen-bond acceptors (Lipinski definition) is 5. The highest BCUT2D eigenvalue weighted by Crippen LogP contribution is 2.11. The monoisotopic (exact) mass is 328 g/mol. The molecule has 1 aromatic carbocycles. The highest BCUT2D eigenvalue weighted by atomic mass is 16.5. The number of nitrogens with one attached hydrogen (secondary N) is 1. The van der Waals surface area contributed by atoms with Crippen molar-refractivity contribution in [2.24, 2.45) is 0 Å². The lowest BCUT2D eigenvalue weighted by Crippen LogP contribution is -2.35. The molecule has 1 heterocycles. The van der Waals surface area contributed by atoms with Crippen LogP contribution in [0.25, 0.3) is 0 Å². The number of nitrogens with zero attached hydrogens (tertiary/aromatic N) is 1. The molecule has 1 aromatic heterocycles. The molecule has 24 heavy (non-hydrogen) atoms. The SMILES string of the molecule is CCC(=O)Nc1ccc(C(=O)COC(=O)c2cccc[n+]2[O-])cc1. The number of pyridine rings is 1. The van der Waals surface area contributed by atoms with E-state index in [0.717, 1.165) is 0 Å². The summed E-state index contributed by atoms with van der Waals surface area (Å²) in [6.07, 6.45) is 1.53. The van der Waals surface area contributed by atoms with Gasteiger partial charge in [0.1, 0.15) is 0 Å². The lowest BCUT2D eigenvalue weighted by Gasteiger charge is -2.06. The highest BCUT2D eigenvalue weighted by Gasteiger charge is 2.18. The van der Waals surface area contributed by atoms with E-state index in [1.807, 2.05) is 0 Å². The van der Waals surface area contributed by atoms with Gasteiger partial charge in [-0.3, -0.25) is 9.59 Å². The van der Waals surface area contributed by atoms with Crippen LogP contribution in [0.3, 0.4) is 0 Å². The molecule has 0 fully saturated rings. The second-order valence-corrected chi connectivity index (χ2v) is 4.89. The normalized spacial score (nSPS) is 10.0. The highest BCUT2D eigenvalue weighted by molar-refractivity contribution is 5.99. The van der Waals surface area contributed by atoms with Crippen molar-refractivity contribution in [3.63, 3.8) is 0 Å². The number of rotatable bonds is 6. The van der Waals surface area contributed by atoms with E-state index in [-0.39, 0.29) is 11.6 Å². The van der Waals surface area contributed by atoms with Crippen LogP contribution < -0.4 is 10.0 Å². The van der Waals surface area contributed by atoms with Crippen molar-refractivity contribution in [2.75, 3.05) is 11.9 Å². The summed E-state index contributed by atoms with van der Waals surface area (Å²) in [7, 11) is 0. The van der Waals surface area contributed by atoms with Gasteiger partial charge < -0.3 is 15.3 Å². The van der Waals surface area contributed by atoms with Gasteiger partial charge in [-0.15, -0.1) is 0 Å². The first-order valence-electron chi connectivity index (χ1n) is 7.29. The van der Waals surface area contributed by atoms with E-state index >= 15 is 0 Å². The second-order valence-electron chi connectivity index (χ2n) is 4.89. The van der Waals surface area contributed by atoms with E-state index in [1.54, 1.807) is 19.1 Å². The van der Waals surface area contributed by atoms with Crippen molar-refractivity contribution in [3.05, 3.63) is 65.1 Å². The number of Topliss-reactive ketones (excluding diaryl/α,β-unsaturated/α-hetero) is 1. The van der Waals surface area contributed by atoms with Gasteiger partial charge in [-0.1, -0.05) is 6.92 Å². The Bertz CT molecular complexity index is 756. The Kier molecular flexibility index (Phi) is 5.62. The third-order valence-electron chi connectivity index (χ3n) is 3.18. The maximum absolute atomic E-state index is 12.0. The van der Waals surface area contributed by atoms with Crippen LogP contribution in [0.2, 0.25) is 0 Å². The standard InChI is InChI=1S/C17H16N2O5/c1-2-16(21)18-13-8-6-12(7-9-13)15(20)11-24-17(22)14-5-3-4-10-19(14)23/h3-10H,2,11H2,1H3,(H,18,21). The van der Waals surface area contributed by atoms with Crippen molar-refractivity contribution in [1.82, 2.24) is 0 Å². The summed E-state index contributed by atoms with van der Waals surface area (Å²) in [5.74, 6) is -1.41. The summed E-state index contributed by atoms with van der Waals surface area (Å²) < 4.78 is 5.23. The number of anilines is 1. The van der Waals surface area contributed by atoms with Gasteiger partial charge in [0.2, 0.25) is 5.91 Å². The van der Waals surface area contributed by atoms with Crippen LogP contribution in [0.1, 0.15) is 34.2 Å². The molecule has 0 atom stereocenters. The summed E-state index contributed by atoms with van der Waals surface area (Å²) in [5, 5.41) is 14.1. The van der Waals surface area contributed by atoms with Crippen LogP contribution >= 0.6 is 0 Å². The molecule has 7 nitrogen and oxygen atoms in total. The molecule has 0 saturated carbocycles. The number of ketones is 1. The molecule has 0 saturated heterocycles. The van der Waals surface area contributed by atoms with Crippen molar-refractivity contribution in [1.29, 1.82) is 0 Å². The molecule has 0 spiro atoms. The minimum absolute atomic E-state index is 0.128. The Morgan fingerprint density at radius 2 is 1.83 bits per heavy atom. The number of amides is 1. The van der Waals surface area contributed by atoms with Crippen LogP contribution in [0.5, 0.6) is 0 Å². The van der Waals surface area contributed by atoms with Crippen molar-refractivity contribution in [2.45, 2.75) is 13.3 Å². The first kappa shape index (κ1) is 17.1. The van der Waals surface area contributed by atoms with Crippen molar-refractivity contribution in [3.8, 4) is 0 Å². The molecule has 0 radical (unpaired) electrons. The fourth-order valence-electron chi connectivity index (χ4n) is 1.86. The number of aromatic nitrogens is 1. The Morgan fingerprint density at radius 3 is 2.46 bits per heavy atom. The Hall–Kier alpha value is -3.22. The number of benzene rings is 1. The summed E-state index contributed by atoms with van der Waals surface area (Å²) >= 11 is 0. The topological polar surface area (TPSA) is 99.4 Å². The van der Waals surface area contributed by atoms with E-state index < -0.39 is 18.4 Å². The summed E-state index contributed by atoms with van der Waals surface area (Å²) in [4.78, 5) is 35.0. The largest absolute Gasteiger partial charge is 0.618 e. The third-order valence-corrected chi connectivity index (χ3v) is 3.18. The van der Waals surface area contributed by atoms with Crippen molar-refractivity contribution >= 4 is 23.3 Å². The van der Waals surface area contributed by atoms with Gasteiger partial charge in [-0.25, -0.2) is 4.79 Å². The molecule has 1 amide bonds. The lowest BCUT2D eigenvalue weighted by molar-refractivity contribution is -0.608. The molecule has 0 unspecified atom stereocenters. The molecule has 0 aliphatic heterocycles. The summed E-state index contributed by atoms with van der Waals surface area (Å²) in [6.45, 7) is 1.26.